The molecule has 0 N–H and O–H groups in total. The van der Waals surface area contributed by atoms with Crippen LogP contribution in [0.5, 0.6) is 0 Å². The van der Waals surface area contributed by atoms with Crippen molar-refractivity contribution < 1.29 is 51.0 Å². The first-order chi connectivity index (χ1) is 20.2. The summed E-state index contributed by atoms with van der Waals surface area (Å²) >= 11 is 0. The van der Waals surface area contributed by atoms with Gasteiger partial charge in [0.2, 0.25) is 0 Å². The first kappa shape index (κ1) is 38.2. The van der Waals surface area contributed by atoms with E-state index >= 15 is 0 Å². The van der Waals surface area contributed by atoms with E-state index in [0.717, 1.165) is 0 Å². The molecule has 0 saturated heterocycles. The van der Waals surface area contributed by atoms with Crippen LogP contribution in [0.1, 0.15) is 63.8 Å². The molecule has 4 heteroatoms. The minimum absolute atomic E-state index is 0. The van der Waals surface area contributed by atoms with Gasteiger partial charge in [0.05, 0.1) is 0 Å². The Morgan fingerprint density at radius 2 is 0.826 bits per heavy atom. The van der Waals surface area contributed by atoms with Gasteiger partial charge in [0.1, 0.15) is 0 Å². The molecule has 0 aliphatic heterocycles. The van der Waals surface area contributed by atoms with Gasteiger partial charge in [-0.15, -0.1) is 69.1 Å². The third-order valence-electron chi connectivity index (χ3n) is 9.60. The van der Waals surface area contributed by atoms with E-state index < -0.39 is 8.07 Å². The number of fused-ring (bicyclic) bond motifs is 2. The molecular formula is C42H46Cl2SiZr. The smallest absolute Gasteiger partial charge is 1.00 e. The zero-order valence-corrected chi connectivity index (χ0v) is 34.0. The Morgan fingerprint density at radius 3 is 1.13 bits per heavy atom. The molecule has 0 bridgehead atoms. The zero-order chi connectivity index (χ0) is 30.9. The number of halogens is 2. The van der Waals surface area contributed by atoms with Crippen molar-refractivity contribution in [2.75, 3.05) is 0 Å². The van der Waals surface area contributed by atoms with Crippen LogP contribution in [-0.4, -0.2) is 8.07 Å². The molecule has 0 amide bonds. The van der Waals surface area contributed by atoms with Crippen LogP contribution < -0.4 is 35.2 Å². The van der Waals surface area contributed by atoms with Crippen molar-refractivity contribution in [3.63, 3.8) is 0 Å². The fraction of sp³-hybridized carbons (Fsp3) is 0.286. The van der Waals surface area contributed by atoms with Crippen LogP contribution in [-0.2, 0) is 37.0 Å². The zero-order valence-electron chi connectivity index (χ0n) is 29.0. The molecule has 6 rings (SSSR count). The van der Waals surface area contributed by atoms with E-state index in [1.807, 2.05) is 0 Å². The Bertz CT molecular complexity index is 1810. The fourth-order valence-electron chi connectivity index (χ4n) is 7.46. The summed E-state index contributed by atoms with van der Waals surface area (Å²) in [6.45, 7) is 23.6. The number of hydrogen-bond donors (Lipinski definition) is 0. The van der Waals surface area contributed by atoms with Crippen molar-refractivity contribution in [3.8, 4) is 22.3 Å². The van der Waals surface area contributed by atoms with Crippen molar-refractivity contribution >= 4 is 40.0 Å². The number of aryl methyl sites for hydroxylation is 2. The van der Waals surface area contributed by atoms with Gasteiger partial charge in [-0.2, -0.15) is 10.4 Å². The largest absolute Gasteiger partial charge is 4.00 e. The summed E-state index contributed by atoms with van der Waals surface area (Å²) in [5.41, 5.74) is 11.2. The van der Waals surface area contributed by atoms with Gasteiger partial charge in [-0.3, -0.25) is 0 Å². The molecule has 236 valence electrons. The van der Waals surface area contributed by atoms with Crippen molar-refractivity contribution in [1.82, 2.24) is 0 Å². The molecule has 0 nitrogen and oxygen atoms in total. The van der Waals surface area contributed by atoms with Gasteiger partial charge in [0, 0.05) is 8.07 Å². The van der Waals surface area contributed by atoms with Crippen molar-refractivity contribution in [1.29, 1.82) is 0 Å². The van der Waals surface area contributed by atoms with E-state index in [-0.39, 0.29) is 61.8 Å². The number of hydrogen-bond acceptors (Lipinski definition) is 0. The second-order valence-electron chi connectivity index (χ2n) is 15.2. The summed E-state index contributed by atoms with van der Waals surface area (Å²) in [5, 5.41) is 8.76. The SMILES string of the molecule is Cc1[cH-]c2cccc(-c3ccc(C(C)(C)C)cc3)c2c1[Si](C)(C)c1c(C)[cH-]c2cccc(-c3ccc(C(C)(C)C)cc3)c12.[Cl-].[Cl-].[Zr+4]. The first-order valence-electron chi connectivity index (χ1n) is 15.8. The maximum atomic E-state index is 2.58. The molecule has 46 heavy (non-hydrogen) atoms. The maximum Gasteiger partial charge on any atom is 4.00 e. The van der Waals surface area contributed by atoms with Gasteiger partial charge in [0.15, 0.2) is 0 Å². The van der Waals surface area contributed by atoms with E-state index in [2.05, 4.69) is 166 Å². The monoisotopic (exact) mass is 738 g/mol. The van der Waals surface area contributed by atoms with E-state index in [4.69, 9.17) is 0 Å². The minimum Gasteiger partial charge on any atom is -1.00 e. The number of benzene rings is 4. The van der Waals surface area contributed by atoms with Crippen LogP contribution in [0, 0.1) is 13.8 Å². The molecule has 0 aromatic heterocycles. The Labute approximate surface area is 309 Å². The average molecular weight is 741 g/mol. The predicted octanol–water partition coefficient (Wildman–Crippen LogP) is 4.80. The Morgan fingerprint density at radius 1 is 0.500 bits per heavy atom. The van der Waals surface area contributed by atoms with Gasteiger partial charge in [-0.25, -0.2) is 0 Å². The van der Waals surface area contributed by atoms with Crippen LogP contribution in [0.3, 0.4) is 0 Å². The summed E-state index contributed by atoms with van der Waals surface area (Å²) in [5.74, 6) is 0. The minimum atomic E-state index is -2.18. The molecule has 0 atom stereocenters. The van der Waals surface area contributed by atoms with Crippen LogP contribution >= 0.6 is 0 Å². The van der Waals surface area contributed by atoms with Gasteiger partial charge in [0.25, 0.3) is 0 Å². The molecule has 0 saturated carbocycles. The van der Waals surface area contributed by atoms with Crippen LogP contribution in [0.25, 0.3) is 43.8 Å². The molecule has 0 heterocycles. The Balaban J connectivity index is 0.00000192. The molecule has 0 radical (unpaired) electrons. The van der Waals surface area contributed by atoms with Crippen molar-refractivity contribution in [2.24, 2.45) is 0 Å². The van der Waals surface area contributed by atoms with Gasteiger partial charge in [-0.1, -0.05) is 140 Å². The quantitative estimate of drug-likeness (QED) is 0.180. The molecule has 6 aromatic rings. The third-order valence-corrected chi connectivity index (χ3v) is 13.4. The second kappa shape index (κ2) is 13.7. The summed E-state index contributed by atoms with van der Waals surface area (Å²) in [6, 6.07) is 37.2. The van der Waals surface area contributed by atoms with Crippen LogP contribution in [0.15, 0.2) is 97.1 Å². The van der Waals surface area contributed by atoms with E-state index in [9.17, 15) is 0 Å². The van der Waals surface area contributed by atoms with E-state index in [1.54, 1.807) is 10.4 Å². The van der Waals surface area contributed by atoms with Crippen LogP contribution in [0.4, 0.5) is 0 Å². The van der Waals surface area contributed by atoms with Gasteiger partial charge < -0.3 is 24.8 Å². The van der Waals surface area contributed by atoms with Gasteiger partial charge in [-0.05, 0) is 33.1 Å². The summed E-state index contributed by atoms with van der Waals surface area (Å²) in [6.07, 6.45) is 0. The molecule has 0 spiro atoms. The molecule has 0 aliphatic rings. The molecule has 0 fully saturated rings. The maximum absolute atomic E-state index is 2.58. The van der Waals surface area contributed by atoms with Crippen molar-refractivity contribution in [3.05, 3.63) is 119 Å². The predicted molar refractivity (Wildman–Crippen MR) is 194 cm³/mol. The molecule has 0 aliphatic carbocycles. The molecular weight excluding hydrogens is 695 g/mol. The molecule has 6 aromatic carbocycles. The van der Waals surface area contributed by atoms with Crippen LogP contribution in [0.2, 0.25) is 13.1 Å². The number of rotatable bonds is 4. The fourth-order valence-corrected chi connectivity index (χ4v) is 11.6. The summed E-state index contributed by atoms with van der Waals surface area (Å²) < 4.78 is 0. The Hall–Kier alpha value is -2.22. The van der Waals surface area contributed by atoms with Gasteiger partial charge >= 0.3 is 26.2 Å². The second-order valence-corrected chi connectivity index (χ2v) is 19.5. The normalized spacial score (nSPS) is 12.0. The topological polar surface area (TPSA) is 0 Å². The standard InChI is InChI=1S/C42H46Si.2ClH.Zr/c1-27-25-31-13-11-15-35(29-17-21-33(22-18-29)41(3,4)5)37(31)39(27)43(9,10)40-28(2)26-32-14-12-16-36(38(32)40)30-19-23-34(24-20-30)42(6,7)8;;;/h11-26H,1-10H3;2*1H;/q-2;;;+4/p-2. The summed E-state index contributed by atoms with van der Waals surface area (Å²) in [4.78, 5) is 0. The first-order valence-corrected chi connectivity index (χ1v) is 18.8. The van der Waals surface area contributed by atoms with E-state index in [0.29, 0.717) is 0 Å². The van der Waals surface area contributed by atoms with E-state index in [1.165, 1.54) is 66.1 Å². The van der Waals surface area contributed by atoms with Crippen molar-refractivity contribution in [2.45, 2.75) is 79.3 Å². The molecule has 0 unspecified atom stereocenters. The third kappa shape index (κ3) is 6.71. The Kier molecular flexibility index (Phi) is 11.4. The average Bonchev–Trinajstić information content (AvgIpc) is 3.48. The summed E-state index contributed by atoms with van der Waals surface area (Å²) in [7, 11) is -2.18.